The van der Waals surface area contributed by atoms with Crippen LogP contribution in [0.3, 0.4) is 0 Å². The van der Waals surface area contributed by atoms with Crippen molar-refractivity contribution in [2.24, 2.45) is 0 Å². The van der Waals surface area contributed by atoms with Gasteiger partial charge < -0.3 is 15.2 Å². The van der Waals surface area contributed by atoms with Crippen LogP contribution in [0.15, 0.2) is 42.5 Å². The first kappa shape index (κ1) is 13.9. The molecule has 0 heterocycles. The van der Waals surface area contributed by atoms with Crippen LogP contribution in [0.1, 0.15) is 22.8 Å². The molecule has 4 heteroatoms. The van der Waals surface area contributed by atoms with Gasteiger partial charge in [-0.25, -0.2) is 4.79 Å². The minimum Gasteiger partial charge on any atom is -0.465 e. The van der Waals surface area contributed by atoms with E-state index in [0.717, 1.165) is 12.2 Å². The molecule has 2 rings (SSSR count). The van der Waals surface area contributed by atoms with Crippen LogP contribution in [0.5, 0.6) is 11.5 Å². The predicted octanol–water partition coefficient (Wildman–Crippen LogP) is 3.41. The largest absolute Gasteiger partial charge is 0.465 e. The van der Waals surface area contributed by atoms with Crippen LogP contribution in [0, 0.1) is 0 Å². The fourth-order valence-electron chi connectivity index (χ4n) is 1.85. The molecular weight excluding hydrogens is 254 g/mol. The number of nitrogen functional groups attached to an aromatic ring is 1. The van der Waals surface area contributed by atoms with E-state index in [9.17, 15) is 4.79 Å². The van der Waals surface area contributed by atoms with Gasteiger partial charge in [0.1, 0.15) is 11.5 Å². The summed E-state index contributed by atoms with van der Waals surface area (Å²) in [6, 6.07) is 12.7. The summed E-state index contributed by atoms with van der Waals surface area (Å²) in [6.45, 7) is 2.08. The van der Waals surface area contributed by atoms with E-state index in [0.29, 0.717) is 17.0 Å². The maximum absolute atomic E-state index is 11.6. The van der Waals surface area contributed by atoms with Gasteiger partial charge >= 0.3 is 5.97 Å². The number of carbonyl (C=O) groups is 1. The first-order valence-corrected chi connectivity index (χ1v) is 6.38. The van der Waals surface area contributed by atoms with Crippen molar-refractivity contribution in [2.75, 3.05) is 12.8 Å². The highest BCUT2D eigenvalue weighted by Gasteiger charge is 2.11. The molecule has 0 aliphatic carbocycles. The van der Waals surface area contributed by atoms with Gasteiger partial charge in [0.05, 0.1) is 12.7 Å². The van der Waals surface area contributed by atoms with Crippen molar-refractivity contribution in [1.29, 1.82) is 0 Å². The summed E-state index contributed by atoms with van der Waals surface area (Å²) < 4.78 is 10.4. The molecule has 0 atom stereocenters. The number of hydrogen-bond acceptors (Lipinski definition) is 4. The van der Waals surface area contributed by atoms with Crippen LogP contribution >= 0.6 is 0 Å². The molecule has 0 saturated carbocycles. The van der Waals surface area contributed by atoms with Crippen molar-refractivity contribution in [1.82, 2.24) is 0 Å². The third-order valence-electron chi connectivity index (χ3n) is 2.97. The second-order valence-corrected chi connectivity index (χ2v) is 4.34. The van der Waals surface area contributed by atoms with Crippen molar-refractivity contribution < 1.29 is 14.3 Å². The van der Waals surface area contributed by atoms with Crippen LogP contribution < -0.4 is 10.5 Å². The zero-order chi connectivity index (χ0) is 14.5. The van der Waals surface area contributed by atoms with Gasteiger partial charge in [0.15, 0.2) is 0 Å². The van der Waals surface area contributed by atoms with Gasteiger partial charge in [0, 0.05) is 5.69 Å². The number of ether oxygens (including phenoxy) is 2. The van der Waals surface area contributed by atoms with Crippen molar-refractivity contribution in [2.45, 2.75) is 13.3 Å². The molecule has 2 aromatic carbocycles. The molecule has 0 aromatic heterocycles. The summed E-state index contributed by atoms with van der Waals surface area (Å²) >= 11 is 0. The second-order valence-electron chi connectivity index (χ2n) is 4.34. The molecule has 2 aromatic rings. The molecule has 4 nitrogen and oxygen atoms in total. The van der Waals surface area contributed by atoms with E-state index in [2.05, 4.69) is 11.7 Å². The summed E-state index contributed by atoms with van der Waals surface area (Å²) in [6.07, 6.45) is 0.937. The van der Waals surface area contributed by atoms with Crippen molar-refractivity contribution in [3.8, 4) is 11.5 Å². The summed E-state index contributed by atoms with van der Waals surface area (Å²) in [5.74, 6) is 0.799. The van der Waals surface area contributed by atoms with Crippen molar-refractivity contribution in [3.05, 3.63) is 53.6 Å². The zero-order valence-electron chi connectivity index (χ0n) is 11.6. The topological polar surface area (TPSA) is 61.5 Å². The molecule has 0 unspecified atom stereocenters. The number of rotatable bonds is 4. The van der Waals surface area contributed by atoms with Gasteiger partial charge in [-0.15, -0.1) is 0 Å². The monoisotopic (exact) mass is 271 g/mol. The normalized spacial score (nSPS) is 10.1. The van der Waals surface area contributed by atoms with Crippen LogP contribution in [-0.4, -0.2) is 13.1 Å². The number of anilines is 1. The molecule has 0 radical (unpaired) electrons. The quantitative estimate of drug-likeness (QED) is 0.683. The number of carbonyl (C=O) groups excluding carboxylic acids is 1. The highest BCUT2D eigenvalue weighted by Crippen LogP contribution is 2.26. The molecular formula is C16H17NO3. The van der Waals surface area contributed by atoms with E-state index in [1.807, 2.05) is 24.3 Å². The minimum absolute atomic E-state index is 0.302. The Morgan fingerprint density at radius 1 is 1.15 bits per heavy atom. The fraction of sp³-hybridized carbons (Fsp3) is 0.188. The van der Waals surface area contributed by atoms with E-state index in [4.69, 9.17) is 10.5 Å². The summed E-state index contributed by atoms with van der Waals surface area (Å²) in [5.41, 5.74) is 7.60. The summed E-state index contributed by atoms with van der Waals surface area (Å²) in [4.78, 5) is 11.6. The van der Waals surface area contributed by atoms with E-state index in [1.165, 1.54) is 12.7 Å². The van der Waals surface area contributed by atoms with Gasteiger partial charge in [-0.1, -0.05) is 19.1 Å². The molecule has 104 valence electrons. The predicted molar refractivity (Wildman–Crippen MR) is 78.1 cm³/mol. The first-order chi connectivity index (χ1) is 9.63. The Kier molecular flexibility index (Phi) is 4.25. The van der Waals surface area contributed by atoms with Gasteiger partial charge in [-0.2, -0.15) is 0 Å². The fourth-order valence-corrected chi connectivity index (χ4v) is 1.85. The molecule has 0 spiro atoms. The van der Waals surface area contributed by atoms with Crippen molar-refractivity contribution in [3.63, 3.8) is 0 Å². The third-order valence-corrected chi connectivity index (χ3v) is 2.97. The Hall–Kier alpha value is -2.49. The highest BCUT2D eigenvalue weighted by molar-refractivity contribution is 5.95. The Morgan fingerprint density at radius 2 is 1.90 bits per heavy atom. The molecule has 0 fully saturated rings. The average Bonchev–Trinajstić information content (AvgIpc) is 2.48. The molecule has 2 N–H and O–H groups in total. The number of benzene rings is 2. The van der Waals surface area contributed by atoms with Gasteiger partial charge in [-0.05, 0) is 42.3 Å². The van der Waals surface area contributed by atoms with Crippen LogP contribution in [0.25, 0.3) is 0 Å². The van der Waals surface area contributed by atoms with E-state index in [-0.39, 0.29) is 0 Å². The number of nitrogens with two attached hydrogens (primary N) is 1. The lowest BCUT2D eigenvalue weighted by atomic mass is 10.1. The van der Waals surface area contributed by atoms with E-state index < -0.39 is 5.97 Å². The maximum Gasteiger partial charge on any atom is 0.340 e. The number of hydrogen-bond donors (Lipinski definition) is 1. The Bertz CT molecular complexity index is 623. The second kappa shape index (κ2) is 6.10. The average molecular weight is 271 g/mol. The van der Waals surface area contributed by atoms with Gasteiger partial charge in [-0.3, -0.25) is 0 Å². The molecule has 0 saturated heterocycles. The molecule has 20 heavy (non-hydrogen) atoms. The standard InChI is InChI=1S/C16H17NO3/c1-3-11-5-4-6-12(9-11)20-13-7-8-15(17)14(10-13)16(18)19-2/h4-10H,3,17H2,1-2H3. The SMILES string of the molecule is CCc1cccc(Oc2ccc(N)c(C(=O)OC)c2)c1. The lowest BCUT2D eigenvalue weighted by molar-refractivity contribution is 0.0601. The molecule has 0 amide bonds. The Balaban J connectivity index is 2.27. The third kappa shape index (κ3) is 3.09. The Morgan fingerprint density at radius 3 is 2.60 bits per heavy atom. The highest BCUT2D eigenvalue weighted by atomic mass is 16.5. The molecule has 0 aliphatic heterocycles. The Labute approximate surface area is 118 Å². The molecule has 0 aliphatic rings. The summed E-state index contributed by atoms with van der Waals surface area (Å²) in [5, 5.41) is 0. The van der Waals surface area contributed by atoms with Gasteiger partial charge in [0.25, 0.3) is 0 Å². The van der Waals surface area contributed by atoms with E-state index >= 15 is 0 Å². The first-order valence-electron chi connectivity index (χ1n) is 6.38. The van der Waals surface area contributed by atoms with Crippen LogP contribution in [0.4, 0.5) is 5.69 Å². The van der Waals surface area contributed by atoms with Crippen LogP contribution in [-0.2, 0) is 11.2 Å². The molecule has 0 bridgehead atoms. The summed E-state index contributed by atoms with van der Waals surface area (Å²) in [7, 11) is 1.32. The maximum atomic E-state index is 11.6. The lowest BCUT2D eigenvalue weighted by Crippen LogP contribution is -2.05. The minimum atomic E-state index is -0.477. The van der Waals surface area contributed by atoms with Crippen molar-refractivity contribution >= 4 is 11.7 Å². The smallest absolute Gasteiger partial charge is 0.340 e. The van der Waals surface area contributed by atoms with E-state index in [1.54, 1.807) is 18.2 Å². The van der Waals surface area contributed by atoms with Gasteiger partial charge in [0.2, 0.25) is 0 Å². The number of methoxy groups -OCH3 is 1. The lowest BCUT2D eigenvalue weighted by Gasteiger charge is -2.09. The number of esters is 1. The van der Waals surface area contributed by atoms with Crippen LogP contribution in [0.2, 0.25) is 0 Å². The number of aryl methyl sites for hydroxylation is 1. The zero-order valence-corrected chi connectivity index (χ0v) is 11.6.